The number of hydrogen-bond acceptors (Lipinski definition) is 4. The first kappa shape index (κ1) is 18.1. The molecule has 0 saturated carbocycles. The van der Waals surface area contributed by atoms with Gasteiger partial charge in [0.25, 0.3) is 5.91 Å². The van der Waals surface area contributed by atoms with Crippen LogP contribution in [0.4, 0.5) is 5.82 Å². The van der Waals surface area contributed by atoms with E-state index in [9.17, 15) is 4.79 Å². The van der Waals surface area contributed by atoms with E-state index < -0.39 is 0 Å². The number of rotatable bonds is 4. The van der Waals surface area contributed by atoms with Gasteiger partial charge in [0.2, 0.25) is 0 Å². The Bertz CT molecular complexity index is 1370. The predicted molar refractivity (Wildman–Crippen MR) is 116 cm³/mol. The van der Waals surface area contributed by atoms with E-state index in [1.54, 1.807) is 12.4 Å². The highest BCUT2D eigenvalue weighted by Gasteiger charge is 2.18. The summed E-state index contributed by atoms with van der Waals surface area (Å²) >= 11 is 0. The van der Waals surface area contributed by atoms with Crippen LogP contribution in [0.5, 0.6) is 0 Å². The summed E-state index contributed by atoms with van der Waals surface area (Å²) in [4.78, 5) is 22.3. The van der Waals surface area contributed by atoms with Crippen LogP contribution in [-0.2, 0) is 0 Å². The summed E-state index contributed by atoms with van der Waals surface area (Å²) in [5.41, 5.74) is 3.65. The predicted octanol–water partition coefficient (Wildman–Crippen LogP) is 4.58. The van der Waals surface area contributed by atoms with Crippen LogP contribution >= 0.6 is 0 Å². The third kappa shape index (κ3) is 3.00. The second-order valence-corrected chi connectivity index (χ2v) is 7.38. The summed E-state index contributed by atoms with van der Waals surface area (Å²) in [6.07, 6.45) is 5.21. The highest BCUT2D eigenvalue weighted by Crippen LogP contribution is 2.29. The third-order valence-corrected chi connectivity index (χ3v) is 4.99. The molecule has 0 aliphatic carbocycles. The molecule has 1 amide bonds. The Balaban J connectivity index is 1.55. The SMILES string of the molecule is CC(C)n1ncc2cc(C(=O)Nc3c(-c4ccccc4)nc4ccccn34)cnc21. The smallest absolute Gasteiger partial charge is 0.258 e. The minimum Gasteiger partial charge on any atom is -0.306 e. The van der Waals surface area contributed by atoms with Crippen molar-refractivity contribution < 1.29 is 4.79 Å². The van der Waals surface area contributed by atoms with Gasteiger partial charge in [-0.25, -0.2) is 14.6 Å². The molecule has 4 aromatic heterocycles. The summed E-state index contributed by atoms with van der Waals surface area (Å²) in [6, 6.07) is 17.6. The molecule has 1 N–H and O–H groups in total. The minimum absolute atomic E-state index is 0.196. The molecule has 0 aliphatic rings. The number of nitrogens with zero attached hydrogens (tertiary/aromatic N) is 5. The summed E-state index contributed by atoms with van der Waals surface area (Å²) in [5, 5.41) is 8.24. The van der Waals surface area contributed by atoms with Gasteiger partial charge in [0, 0.05) is 29.4 Å². The number of benzene rings is 1. The van der Waals surface area contributed by atoms with Gasteiger partial charge >= 0.3 is 0 Å². The van der Waals surface area contributed by atoms with E-state index in [0.717, 1.165) is 27.9 Å². The maximum atomic E-state index is 13.1. The Morgan fingerprint density at radius 3 is 2.63 bits per heavy atom. The lowest BCUT2D eigenvalue weighted by Crippen LogP contribution is -2.14. The van der Waals surface area contributed by atoms with Crippen molar-refractivity contribution in [3.63, 3.8) is 0 Å². The first-order valence-electron chi connectivity index (χ1n) is 9.79. The average Bonchev–Trinajstić information content (AvgIpc) is 3.36. The van der Waals surface area contributed by atoms with E-state index in [1.165, 1.54) is 0 Å². The molecule has 0 unspecified atom stereocenters. The molecule has 5 aromatic rings. The van der Waals surface area contributed by atoms with E-state index in [1.807, 2.05) is 83.7 Å². The number of fused-ring (bicyclic) bond motifs is 2. The molecule has 5 rings (SSSR count). The number of hydrogen-bond donors (Lipinski definition) is 1. The number of imidazole rings is 1. The van der Waals surface area contributed by atoms with Crippen LogP contribution in [-0.4, -0.2) is 30.1 Å². The Morgan fingerprint density at radius 2 is 1.83 bits per heavy atom. The van der Waals surface area contributed by atoms with Crippen LogP contribution in [0, 0.1) is 0 Å². The van der Waals surface area contributed by atoms with Crippen LogP contribution in [0.25, 0.3) is 27.9 Å². The summed E-state index contributed by atoms with van der Waals surface area (Å²) in [7, 11) is 0. The number of carbonyl (C=O) groups is 1. The van der Waals surface area contributed by atoms with Crippen molar-refractivity contribution in [3.05, 3.63) is 78.8 Å². The summed E-state index contributed by atoms with van der Waals surface area (Å²) in [5.74, 6) is 0.379. The van der Waals surface area contributed by atoms with Crippen LogP contribution in [0.1, 0.15) is 30.2 Å². The lowest BCUT2D eigenvalue weighted by molar-refractivity contribution is 0.102. The van der Waals surface area contributed by atoms with Crippen molar-refractivity contribution >= 4 is 28.4 Å². The average molecular weight is 396 g/mol. The Morgan fingerprint density at radius 1 is 1.03 bits per heavy atom. The Labute approximate surface area is 173 Å². The Hall–Kier alpha value is -4.00. The highest BCUT2D eigenvalue weighted by atomic mass is 16.1. The maximum Gasteiger partial charge on any atom is 0.258 e. The first-order valence-corrected chi connectivity index (χ1v) is 9.79. The molecule has 0 aliphatic heterocycles. The molecule has 7 nitrogen and oxygen atoms in total. The molecular formula is C23H20N6O. The molecule has 7 heteroatoms. The van der Waals surface area contributed by atoms with Crippen LogP contribution < -0.4 is 5.32 Å². The number of nitrogens with one attached hydrogen (secondary N) is 1. The summed E-state index contributed by atoms with van der Waals surface area (Å²) in [6.45, 7) is 4.09. The number of aromatic nitrogens is 5. The molecule has 0 radical (unpaired) electrons. The third-order valence-electron chi connectivity index (χ3n) is 4.99. The van der Waals surface area contributed by atoms with Gasteiger partial charge in [0.05, 0.1) is 11.8 Å². The molecule has 1 aromatic carbocycles. The standard InChI is InChI=1S/C23H20N6O/c1-15(2)29-21-17(14-25-29)12-18(13-24-21)23(30)27-22-20(16-8-4-3-5-9-16)26-19-10-6-7-11-28(19)22/h3-15H,1-2H3,(H,27,30). The van der Waals surface area contributed by atoms with Crippen LogP contribution in [0.3, 0.4) is 0 Å². The monoisotopic (exact) mass is 396 g/mol. The van der Waals surface area contributed by atoms with Gasteiger partial charge in [-0.3, -0.25) is 9.20 Å². The lowest BCUT2D eigenvalue weighted by atomic mass is 10.1. The molecule has 0 spiro atoms. The van der Waals surface area contributed by atoms with Crippen molar-refractivity contribution in [2.75, 3.05) is 5.32 Å². The number of amides is 1. The van der Waals surface area contributed by atoms with E-state index in [-0.39, 0.29) is 11.9 Å². The number of pyridine rings is 2. The van der Waals surface area contributed by atoms with Gasteiger partial charge in [0.15, 0.2) is 5.65 Å². The topological polar surface area (TPSA) is 77.1 Å². The van der Waals surface area contributed by atoms with Crippen molar-refractivity contribution in [3.8, 4) is 11.3 Å². The van der Waals surface area contributed by atoms with Gasteiger partial charge in [-0.15, -0.1) is 0 Å². The molecule has 0 fully saturated rings. The fourth-order valence-electron chi connectivity index (χ4n) is 3.53. The zero-order chi connectivity index (χ0) is 20.7. The maximum absolute atomic E-state index is 13.1. The quantitative estimate of drug-likeness (QED) is 0.482. The lowest BCUT2D eigenvalue weighted by Gasteiger charge is -2.09. The molecule has 30 heavy (non-hydrogen) atoms. The second-order valence-electron chi connectivity index (χ2n) is 7.38. The normalized spacial score (nSPS) is 11.4. The van der Waals surface area contributed by atoms with Crippen molar-refractivity contribution in [1.29, 1.82) is 0 Å². The zero-order valence-electron chi connectivity index (χ0n) is 16.6. The van der Waals surface area contributed by atoms with Crippen molar-refractivity contribution in [2.24, 2.45) is 0 Å². The van der Waals surface area contributed by atoms with Gasteiger partial charge in [-0.05, 0) is 32.0 Å². The minimum atomic E-state index is -0.246. The molecular weight excluding hydrogens is 376 g/mol. The van der Waals surface area contributed by atoms with Gasteiger partial charge in [-0.2, -0.15) is 5.10 Å². The van der Waals surface area contributed by atoms with E-state index in [2.05, 4.69) is 15.4 Å². The van der Waals surface area contributed by atoms with Crippen LogP contribution in [0.2, 0.25) is 0 Å². The molecule has 4 heterocycles. The highest BCUT2D eigenvalue weighted by molar-refractivity contribution is 6.07. The molecule has 0 saturated heterocycles. The number of carbonyl (C=O) groups excluding carboxylic acids is 1. The molecule has 148 valence electrons. The first-order chi connectivity index (χ1) is 14.6. The number of anilines is 1. The fraction of sp³-hybridized carbons (Fsp3) is 0.130. The zero-order valence-corrected chi connectivity index (χ0v) is 16.6. The van der Waals surface area contributed by atoms with Gasteiger partial charge in [-0.1, -0.05) is 36.4 Å². The van der Waals surface area contributed by atoms with E-state index in [4.69, 9.17) is 4.98 Å². The van der Waals surface area contributed by atoms with E-state index in [0.29, 0.717) is 11.4 Å². The summed E-state index contributed by atoms with van der Waals surface area (Å²) < 4.78 is 3.72. The fourth-order valence-corrected chi connectivity index (χ4v) is 3.53. The Kier molecular flexibility index (Phi) is 4.28. The molecule has 0 bridgehead atoms. The van der Waals surface area contributed by atoms with Gasteiger partial charge < -0.3 is 5.32 Å². The largest absolute Gasteiger partial charge is 0.306 e. The van der Waals surface area contributed by atoms with Crippen molar-refractivity contribution in [2.45, 2.75) is 19.9 Å². The van der Waals surface area contributed by atoms with Crippen LogP contribution in [0.15, 0.2) is 73.2 Å². The molecule has 0 atom stereocenters. The van der Waals surface area contributed by atoms with E-state index >= 15 is 0 Å². The van der Waals surface area contributed by atoms with Gasteiger partial charge in [0.1, 0.15) is 17.2 Å². The van der Waals surface area contributed by atoms with Crippen molar-refractivity contribution in [1.82, 2.24) is 24.1 Å². The second kappa shape index (κ2) is 7.11.